The highest BCUT2D eigenvalue weighted by Gasteiger charge is 2.18. The number of carbonyl (C=O) groups is 1. The van der Waals surface area contributed by atoms with Crippen molar-refractivity contribution < 1.29 is 17.9 Å². The van der Waals surface area contributed by atoms with E-state index >= 15 is 0 Å². The van der Waals surface area contributed by atoms with Crippen LogP contribution in [0.4, 0.5) is 11.4 Å². The molecule has 0 saturated carbocycles. The van der Waals surface area contributed by atoms with Crippen LogP contribution in [-0.2, 0) is 14.8 Å². The van der Waals surface area contributed by atoms with E-state index in [1.165, 1.54) is 19.3 Å². The Morgan fingerprint density at radius 2 is 1.62 bits per heavy atom. The van der Waals surface area contributed by atoms with Crippen molar-refractivity contribution in [1.82, 2.24) is 0 Å². The monoisotopic (exact) mass is 490 g/mol. The van der Waals surface area contributed by atoms with Gasteiger partial charge in [0.05, 0.1) is 22.1 Å². The normalized spacial score (nSPS) is 11.4. The number of nitrogens with one attached hydrogen (secondary N) is 2. The molecule has 0 aliphatic heterocycles. The van der Waals surface area contributed by atoms with Gasteiger partial charge in [0, 0.05) is 17.5 Å². The molecule has 3 aromatic rings. The molecule has 3 aromatic carbocycles. The number of anilines is 2. The molecule has 0 aliphatic rings. The summed E-state index contributed by atoms with van der Waals surface area (Å²) in [5.41, 5.74) is 1.97. The van der Waals surface area contributed by atoms with Gasteiger partial charge in [0.25, 0.3) is 10.0 Å². The Kier molecular flexibility index (Phi) is 7.45. The second kappa shape index (κ2) is 10.1. The summed E-state index contributed by atoms with van der Waals surface area (Å²) in [4.78, 5) is 12.4. The Hall–Kier alpha value is -3.00. The second-order valence-electron chi connectivity index (χ2n) is 6.81. The molecule has 0 fully saturated rings. The Morgan fingerprint density at radius 3 is 2.28 bits per heavy atom. The van der Waals surface area contributed by atoms with Crippen LogP contribution in [0, 0.1) is 6.92 Å². The SMILES string of the molecule is COc1ccc(NS(=O)(=O)c2cc(NC(=O)C=Cc3ccc(Cl)c(Cl)c3)ccc2C)cc1. The maximum absolute atomic E-state index is 12.9. The van der Waals surface area contributed by atoms with Crippen LogP contribution < -0.4 is 14.8 Å². The summed E-state index contributed by atoms with van der Waals surface area (Å²) in [5, 5.41) is 3.47. The van der Waals surface area contributed by atoms with Crippen molar-refractivity contribution >= 4 is 56.6 Å². The molecule has 0 aliphatic carbocycles. The van der Waals surface area contributed by atoms with Crippen molar-refractivity contribution in [2.75, 3.05) is 17.1 Å². The molecule has 0 heterocycles. The zero-order valence-corrected chi connectivity index (χ0v) is 19.6. The minimum absolute atomic E-state index is 0.0552. The van der Waals surface area contributed by atoms with Gasteiger partial charge in [-0.3, -0.25) is 9.52 Å². The number of rotatable bonds is 7. The minimum Gasteiger partial charge on any atom is -0.497 e. The smallest absolute Gasteiger partial charge is 0.262 e. The molecular formula is C23H20Cl2N2O4S. The largest absolute Gasteiger partial charge is 0.497 e. The number of benzene rings is 3. The lowest BCUT2D eigenvalue weighted by Gasteiger charge is -2.12. The lowest BCUT2D eigenvalue weighted by molar-refractivity contribution is -0.111. The summed E-state index contributed by atoms with van der Waals surface area (Å²) >= 11 is 11.9. The van der Waals surface area contributed by atoms with Crippen LogP contribution in [0.2, 0.25) is 10.0 Å². The van der Waals surface area contributed by atoms with Crippen molar-refractivity contribution in [2.45, 2.75) is 11.8 Å². The molecule has 6 nitrogen and oxygen atoms in total. The molecule has 0 radical (unpaired) electrons. The second-order valence-corrected chi connectivity index (χ2v) is 9.28. The first-order chi connectivity index (χ1) is 15.2. The molecule has 166 valence electrons. The molecular weight excluding hydrogens is 471 g/mol. The molecule has 0 spiro atoms. The third kappa shape index (κ3) is 6.03. The predicted octanol–water partition coefficient (Wildman–Crippen LogP) is 5.76. The first-order valence-electron chi connectivity index (χ1n) is 9.39. The Morgan fingerprint density at radius 1 is 0.938 bits per heavy atom. The predicted molar refractivity (Wildman–Crippen MR) is 129 cm³/mol. The molecule has 2 N–H and O–H groups in total. The number of hydrogen-bond donors (Lipinski definition) is 2. The number of aryl methyl sites for hydroxylation is 1. The summed E-state index contributed by atoms with van der Waals surface area (Å²) in [6.45, 7) is 1.68. The van der Waals surface area contributed by atoms with Crippen LogP contribution in [0.1, 0.15) is 11.1 Å². The molecule has 32 heavy (non-hydrogen) atoms. The third-order valence-corrected chi connectivity index (χ3v) is 6.72. The maximum atomic E-state index is 12.9. The van der Waals surface area contributed by atoms with E-state index < -0.39 is 15.9 Å². The van der Waals surface area contributed by atoms with Crippen LogP contribution in [-0.4, -0.2) is 21.4 Å². The standard InChI is InChI=1S/C23H20Cl2N2O4S/c1-15-3-6-18(26-23(28)12-5-16-4-11-20(24)21(25)13-16)14-22(15)32(29,30)27-17-7-9-19(31-2)10-8-17/h3-14,27H,1-2H3,(H,26,28). The van der Waals surface area contributed by atoms with Crippen LogP contribution in [0.3, 0.4) is 0 Å². The third-order valence-electron chi connectivity index (χ3n) is 4.46. The van der Waals surface area contributed by atoms with Gasteiger partial charge in [-0.15, -0.1) is 0 Å². The maximum Gasteiger partial charge on any atom is 0.262 e. The highest BCUT2D eigenvalue weighted by molar-refractivity contribution is 7.92. The molecule has 0 saturated heterocycles. The average Bonchev–Trinajstić information content (AvgIpc) is 2.76. The van der Waals surface area contributed by atoms with Gasteiger partial charge >= 0.3 is 0 Å². The average molecular weight is 491 g/mol. The van der Waals surface area contributed by atoms with Gasteiger partial charge in [-0.2, -0.15) is 0 Å². The Balaban J connectivity index is 1.75. The highest BCUT2D eigenvalue weighted by atomic mass is 35.5. The quantitative estimate of drug-likeness (QED) is 0.412. The van der Waals surface area contributed by atoms with Gasteiger partial charge in [0.1, 0.15) is 5.75 Å². The zero-order chi connectivity index (χ0) is 23.3. The van der Waals surface area contributed by atoms with Crippen molar-refractivity contribution in [3.63, 3.8) is 0 Å². The van der Waals surface area contributed by atoms with E-state index in [-0.39, 0.29) is 4.90 Å². The molecule has 3 rings (SSSR count). The first kappa shape index (κ1) is 23.7. The van der Waals surface area contributed by atoms with Crippen molar-refractivity contribution in [3.8, 4) is 5.75 Å². The van der Waals surface area contributed by atoms with Crippen LogP contribution in [0.15, 0.2) is 71.6 Å². The van der Waals surface area contributed by atoms with E-state index in [1.54, 1.807) is 67.6 Å². The minimum atomic E-state index is -3.87. The van der Waals surface area contributed by atoms with E-state index in [0.29, 0.717) is 38.3 Å². The van der Waals surface area contributed by atoms with Crippen molar-refractivity contribution in [1.29, 1.82) is 0 Å². The zero-order valence-electron chi connectivity index (χ0n) is 17.2. The summed E-state index contributed by atoms with van der Waals surface area (Å²) < 4.78 is 33.4. The van der Waals surface area contributed by atoms with Gasteiger partial charge < -0.3 is 10.1 Å². The Bertz CT molecular complexity index is 1270. The van der Waals surface area contributed by atoms with Gasteiger partial charge in [0.2, 0.25) is 5.91 Å². The number of methoxy groups -OCH3 is 1. The fraction of sp³-hybridized carbons (Fsp3) is 0.0870. The summed E-state index contributed by atoms with van der Waals surface area (Å²) in [6.07, 6.45) is 2.90. The fourth-order valence-corrected chi connectivity index (χ4v) is 4.45. The highest BCUT2D eigenvalue weighted by Crippen LogP contribution is 2.25. The lowest BCUT2D eigenvalue weighted by Crippen LogP contribution is -2.15. The first-order valence-corrected chi connectivity index (χ1v) is 11.6. The number of amides is 1. The van der Waals surface area contributed by atoms with E-state index in [1.807, 2.05) is 0 Å². The summed E-state index contributed by atoms with van der Waals surface area (Å²) in [7, 11) is -2.34. The molecule has 0 atom stereocenters. The van der Waals surface area contributed by atoms with E-state index in [9.17, 15) is 13.2 Å². The number of halogens is 2. The Labute approximate surface area is 196 Å². The fourth-order valence-electron chi connectivity index (χ4n) is 2.81. The molecule has 0 aromatic heterocycles. The molecule has 0 unspecified atom stereocenters. The lowest BCUT2D eigenvalue weighted by atomic mass is 10.2. The van der Waals surface area contributed by atoms with Crippen molar-refractivity contribution in [2.24, 2.45) is 0 Å². The molecule has 0 bridgehead atoms. The van der Waals surface area contributed by atoms with E-state index in [2.05, 4.69) is 10.0 Å². The topological polar surface area (TPSA) is 84.5 Å². The molecule has 9 heteroatoms. The van der Waals surface area contributed by atoms with E-state index in [4.69, 9.17) is 27.9 Å². The summed E-state index contributed by atoms with van der Waals surface area (Å²) in [6, 6.07) is 16.2. The van der Waals surface area contributed by atoms with Crippen molar-refractivity contribution in [3.05, 3.63) is 87.9 Å². The number of carbonyl (C=O) groups excluding carboxylic acids is 1. The van der Waals surface area contributed by atoms with Gasteiger partial charge in [-0.05, 0) is 72.7 Å². The number of hydrogen-bond acceptors (Lipinski definition) is 4. The van der Waals surface area contributed by atoms with Gasteiger partial charge in [-0.1, -0.05) is 35.3 Å². The van der Waals surface area contributed by atoms with Crippen LogP contribution in [0.5, 0.6) is 5.75 Å². The van der Waals surface area contributed by atoms with Gasteiger partial charge in [0.15, 0.2) is 0 Å². The van der Waals surface area contributed by atoms with E-state index in [0.717, 1.165) is 0 Å². The van der Waals surface area contributed by atoms with Crippen LogP contribution in [0.25, 0.3) is 6.08 Å². The number of sulfonamides is 1. The summed E-state index contributed by atoms with van der Waals surface area (Å²) in [5.74, 6) is 0.189. The van der Waals surface area contributed by atoms with Crippen LogP contribution >= 0.6 is 23.2 Å². The van der Waals surface area contributed by atoms with Gasteiger partial charge in [-0.25, -0.2) is 8.42 Å². The number of ether oxygens (including phenoxy) is 1. The molecule has 1 amide bonds.